The van der Waals surface area contributed by atoms with E-state index in [4.69, 9.17) is 10.3 Å². The summed E-state index contributed by atoms with van der Waals surface area (Å²) in [5.74, 6) is 0.427. The van der Waals surface area contributed by atoms with Gasteiger partial charge >= 0.3 is 5.91 Å². The van der Waals surface area contributed by atoms with Crippen LogP contribution in [0.4, 0.5) is 5.82 Å². The Labute approximate surface area is 230 Å². The SMILES string of the molecule is Cc1onc(NS(=O)(=O)c2ccccc2-c2ccc(C[N+](C)(C(=O)C3CC3)[C@@H](CC(C)C)C(N)=O)cc2)c1C. The minimum absolute atomic E-state index is 0.0370. The molecule has 3 N–H and O–H groups in total. The number of nitrogens with two attached hydrogens (primary N) is 1. The predicted octanol–water partition coefficient (Wildman–Crippen LogP) is 4.54. The van der Waals surface area contributed by atoms with Crippen molar-refractivity contribution in [3.63, 3.8) is 0 Å². The third-order valence-corrected chi connectivity index (χ3v) is 8.88. The molecule has 208 valence electrons. The molecule has 1 aromatic heterocycles. The molecule has 9 nitrogen and oxygen atoms in total. The van der Waals surface area contributed by atoms with E-state index in [9.17, 15) is 18.0 Å². The van der Waals surface area contributed by atoms with Crippen molar-refractivity contribution in [2.24, 2.45) is 17.6 Å². The first-order valence-electron chi connectivity index (χ1n) is 13.2. The summed E-state index contributed by atoms with van der Waals surface area (Å²) in [6.07, 6.45) is 2.20. The highest BCUT2D eigenvalue weighted by Gasteiger charge is 2.50. The van der Waals surface area contributed by atoms with Crippen LogP contribution in [0.15, 0.2) is 57.9 Å². The first-order chi connectivity index (χ1) is 18.3. The molecule has 2 amide bonds. The molecular formula is C29H37N4O5S+. The summed E-state index contributed by atoms with van der Waals surface area (Å²) in [6, 6.07) is 13.5. The van der Waals surface area contributed by atoms with Gasteiger partial charge < -0.3 is 10.3 Å². The number of nitrogens with zero attached hydrogens (tertiary/aromatic N) is 2. The molecule has 0 aliphatic heterocycles. The third-order valence-electron chi connectivity index (χ3n) is 7.48. The molecule has 0 spiro atoms. The van der Waals surface area contributed by atoms with E-state index in [1.165, 1.54) is 0 Å². The van der Waals surface area contributed by atoms with E-state index in [0.29, 0.717) is 35.4 Å². The van der Waals surface area contributed by atoms with Gasteiger partial charge in [0.15, 0.2) is 11.9 Å². The van der Waals surface area contributed by atoms with Crippen LogP contribution in [0.25, 0.3) is 11.1 Å². The van der Waals surface area contributed by atoms with Crippen molar-refractivity contribution in [3.8, 4) is 11.1 Å². The van der Waals surface area contributed by atoms with Gasteiger partial charge in [-0.25, -0.2) is 17.7 Å². The third kappa shape index (κ3) is 6.07. The number of benzene rings is 2. The molecule has 0 saturated heterocycles. The second-order valence-electron chi connectivity index (χ2n) is 11.1. The highest BCUT2D eigenvalue weighted by Crippen LogP contribution is 2.37. The number of rotatable bonds is 11. The van der Waals surface area contributed by atoms with Gasteiger partial charge in [0.25, 0.3) is 15.9 Å². The lowest BCUT2D eigenvalue weighted by Gasteiger charge is -2.38. The van der Waals surface area contributed by atoms with E-state index in [0.717, 1.165) is 18.4 Å². The number of amides is 2. The second kappa shape index (κ2) is 10.9. The zero-order valence-electron chi connectivity index (χ0n) is 23.1. The molecule has 1 fully saturated rings. The van der Waals surface area contributed by atoms with Gasteiger partial charge in [0.2, 0.25) is 0 Å². The standard InChI is InChI=1S/C29H36N4O5S/c1-18(2)16-25(27(30)34)33(5,29(35)23-14-15-23)17-21-10-12-22(13-11-21)24-8-6-7-9-26(24)39(36,37)32-28-19(3)20(4)38-31-28/h6-13,18,23,25H,14-17H2,1-5H3,(H2-,30,31,32,34)/p+1/t25-,33?/m0/s1. The van der Waals surface area contributed by atoms with Crippen LogP contribution in [-0.4, -0.2) is 43.0 Å². The highest BCUT2D eigenvalue weighted by molar-refractivity contribution is 7.92. The number of carbonyl (C=O) groups excluding carboxylic acids is 2. The van der Waals surface area contributed by atoms with Crippen LogP contribution < -0.4 is 10.5 Å². The van der Waals surface area contributed by atoms with E-state index in [1.54, 1.807) is 38.1 Å². The molecule has 1 aliphatic carbocycles. The van der Waals surface area contributed by atoms with Crippen LogP contribution in [0.2, 0.25) is 0 Å². The Bertz CT molecular complexity index is 1480. The van der Waals surface area contributed by atoms with Gasteiger partial charge in [-0.1, -0.05) is 61.5 Å². The van der Waals surface area contributed by atoms with Crippen molar-refractivity contribution < 1.29 is 27.0 Å². The number of primary amides is 1. The number of likely N-dealkylation sites (N-methyl/N-ethyl adjacent to an activating group) is 1. The smallest absolute Gasteiger partial charge is 0.317 e. The minimum Gasteiger partial charge on any atom is -0.364 e. The lowest BCUT2D eigenvalue weighted by atomic mass is 9.97. The van der Waals surface area contributed by atoms with Crippen LogP contribution >= 0.6 is 0 Å². The van der Waals surface area contributed by atoms with Crippen molar-refractivity contribution in [1.29, 1.82) is 0 Å². The van der Waals surface area contributed by atoms with Gasteiger partial charge in [-0.05, 0) is 44.2 Å². The van der Waals surface area contributed by atoms with E-state index in [1.807, 2.05) is 45.2 Å². The van der Waals surface area contributed by atoms with Gasteiger partial charge in [-0.3, -0.25) is 9.52 Å². The van der Waals surface area contributed by atoms with Crippen LogP contribution in [0.1, 0.15) is 50.0 Å². The first-order valence-corrected chi connectivity index (χ1v) is 14.6. The van der Waals surface area contributed by atoms with Crippen LogP contribution in [0, 0.1) is 25.7 Å². The quantitative estimate of drug-likeness (QED) is 0.335. The zero-order valence-corrected chi connectivity index (χ0v) is 23.9. The normalized spacial score (nSPS) is 16.1. The maximum absolute atomic E-state index is 13.5. The highest BCUT2D eigenvalue weighted by atomic mass is 32.2. The van der Waals surface area contributed by atoms with E-state index in [2.05, 4.69) is 9.88 Å². The Morgan fingerprint density at radius 1 is 1.10 bits per heavy atom. The number of hydrogen-bond donors (Lipinski definition) is 2. The lowest BCUT2D eigenvalue weighted by molar-refractivity contribution is -0.866. The molecule has 2 atom stereocenters. The number of aromatic nitrogens is 1. The molecule has 2 aromatic carbocycles. The van der Waals surface area contributed by atoms with Gasteiger partial charge in [0.05, 0.1) is 17.9 Å². The van der Waals surface area contributed by atoms with E-state index >= 15 is 0 Å². The van der Waals surface area contributed by atoms with Crippen molar-refractivity contribution >= 4 is 27.7 Å². The average molecular weight is 554 g/mol. The minimum atomic E-state index is -3.96. The first kappa shape index (κ1) is 28.5. The summed E-state index contributed by atoms with van der Waals surface area (Å²) in [5.41, 5.74) is 8.53. The Balaban J connectivity index is 1.64. The summed E-state index contributed by atoms with van der Waals surface area (Å²) < 4.78 is 34.2. The van der Waals surface area contributed by atoms with Gasteiger partial charge in [0, 0.05) is 23.1 Å². The number of nitrogens with one attached hydrogen (secondary N) is 1. The number of sulfonamides is 1. The molecular weight excluding hydrogens is 516 g/mol. The maximum atomic E-state index is 13.5. The fraction of sp³-hybridized carbons (Fsp3) is 0.414. The average Bonchev–Trinajstić information content (AvgIpc) is 3.69. The molecule has 1 unspecified atom stereocenters. The van der Waals surface area contributed by atoms with Gasteiger partial charge in [-0.15, -0.1) is 0 Å². The molecule has 0 bridgehead atoms. The van der Waals surface area contributed by atoms with E-state index < -0.39 is 22.0 Å². The summed E-state index contributed by atoms with van der Waals surface area (Å²) in [5, 5.41) is 3.82. The number of anilines is 1. The Morgan fingerprint density at radius 2 is 1.74 bits per heavy atom. The van der Waals surface area contributed by atoms with Gasteiger partial charge in [0.1, 0.15) is 12.3 Å². The van der Waals surface area contributed by atoms with Gasteiger partial charge in [-0.2, -0.15) is 0 Å². The van der Waals surface area contributed by atoms with Crippen LogP contribution in [0.3, 0.4) is 0 Å². The fourth-order valence-corrected chi connectivity index (χ4v) is 6.26. The molecule has 1 saturated carbocycles. The summed E-state index contributed by atoms with van der Waals surface area (Å²) in [7, 11) is -2.15. The zero-order chi connectivity index (χ0) is 28.5. The Hall–Kier alpha value is -3.50. The van der Waals surface area contributed by atoms with Crippen molar-refractivity contribution in [1.82, 2.24) is 5.16 Å². The van der Waals surface area contributed by atoms with Crippen molar-refractivity contribution in [3.05, 3.63) is 65.4 Å². The predicted molar refractivity (Wildman–Crippen MR) is 149 cm³/mol. The topological polar surface area (TPSA) is 132 Å². The number of hydrogen-bond acceptors (Lipinski definition) is 6. The maximum Gasteiger partial charge on any atom is 0.317 e. The molecule has 10 heteroatoms. The molecule has 39 heavy (non-hydrogen) atoms. The number of aryl methyl sites for hydroxylation is 1. The second-order valence-corrected chi connectivity index (χ2v) is 12.7. The van der Waals surface area contributed by atoms with Crippen molar-refractivity contribution in [2.45, 2.75) is 64.4 Å². The summed E-state index contributed by atoms with van der Waals surface area (Å²) in [4.78, 5) is 26.1. The molecule has 3 aromatic rings. The summed E-state index contributed by atoms with van der Waals surface area (Å²) >= 11 is 0. The summed E-state index contributed by atoms with van der Waals surface area (Å²) in [6.45, 7) is 7.80. The molecule has 1 aliphatic rings. The lowest BCUT2D eigenvalue weighted by Crippen LogP contribution is -2.61. The molecule has 1 heterocycles. The Kier molecular flexibility index (Phi) is 7.99. The fourth-order valence-electron chi connectivity index (χ4n) is 4.97. The number of quaternary nitrogens is 1. The molecule has 4 rings (SSSR count). The monoisotopic (exact) mass is 553 g/mol. The van der Waals surface area contributed by atoms with Crippen molar-refractivity contribution in [2.75, 3.05) is 11.8 Å². The largest absolute Gasteiger partial charge is 0.364 e. The van der Waals surface area contributed by atoms with Crippen LogP contribution in [0.5, 0.6) is 0 Å². The number of carbonyl (C=O) groups is 2. The van der Waals surface area contributed by atoms with Crippen LogP contribution in [-0.2, 0) is 26.2 Å². The Morgan fingerprint density at radius 3 is 2.28 bits per heavy atom. The van der Waals surface area contributed by atoms with E-state index in [-0.39, 0.29) is 32.9 Å². The molecule has 0 radical (unpaired) electrons.